The molecule has 1 unspecified atom stereocenters. The third kappa shape index (κ3) is 4.99. The molecule has 0 aliphatic rings. The lowest BCUT2D eigenvalue weighted by molar-refractivity contribution is 0.0131. The molecule has 8 heteroatoms. The van der Waals surface area contributed by atoms with Gasteiger partial charge < -0.3 is 20.3 Å². The first-order valence-corrected chi connectivity index (χ1v) is 5.85. The molecule has 0 fully saturated rings. The van der Waals surface area contributed by atoms with Crippen molar-refractivity contribution in [1.29, 1.82) is 0 Å². The SMILES string of the molecule is CC(C)Oc1nc(Cl)nc(NCC(C)(O)CO)n1. The molecule has 1 aromatic rings. The van der Waals surface area contributed by atoms with E-state index in [1.165, 1.54) is 6.92 Å². The van der Waals surface area contributed by atoms with Crippen LogP contribution in [0, 0.1) is 0 Å². The van der Waals surface area contributed by atoms with Crippen molar-refractivity contribution in [3.63, 3.8) is 0 Å². The van der Waals surface area contributed by atoms with Gasteiger partial charge in [0.05, 0.1) is 12.7 Å². The molecule has 0 saturated heterocycles. The van der Waals surface area contributed by atoms with Crippen LogP contribution in [-0.2, 0) is 0 Å². The Morgan fingerprint density at radius 1 is 1.39 bits per heavy atom. The topological polar surface area (TPSA) is 100 Å². The molecule has 1 atom stereocenters. The Morgan fingerprint density at radius 2 is 2.06 bits per heavy atom. The minimum Gasteiger partial charge on any atom is -0.461 e. The molecule has 0 amide bonds. The summed E-state index contributed by atoms with van der Waals surface area (Å²) in [5, 5.41) is 21.3. The van der Waals surface area contributed by atoms with Crippen molar-refractivity contribution in [2.75, 3.05) is 18.5 Å². The van der Waals surface area contributed by atoms with Crippen molar-refractivity contribution in [1.82, 2.24) is 15.0 Å². The third-order valence-electron chi connectivity index (χ3n) is 1.90. The van der Waals surface area contributed by atoms with Crippen LogP contribution >= 0.6 is 11.6 Å². The zero-order valence-electron chi connectivity index (χ0n) is 10.5. The lowest BCUT2D eigenvalue weighted by atomic mass is 10.1. The van der Waals surface area contributed by atoms with Gasteiger partial charge in [-0.1, -0.05) is 0 Å². The zero-order chi connectivity index (χ0) is 13.8. The van der Waals surface area contributed by atoms with Gasteiger partial charge in [-0.2, -0.15) is 15.0 Å². The second kappa shape index (κ2) is 6.12. The molecule has 0 radical (unpaired) electrons. The largest absolute Gasteiger partial charge is 0.461 e. The van der Waals surface area contributed by atoms with E-state index in [1.807, 2.05) is 13.8 Å². The molecule has 0 aliphatic carbocycles. The molecule has 0 aromatic carbocycles. The summed E-state index contributed by atoms with van der Waals surface area (Å²) < 4.78 is 5.30. The molecule has 3 N–H and O–H groups in total. The monoisotopic (exact) mass is 276 g/mol. The van der Waals surface area contributed by atoms with Gasteiger partial charge in [0.2, 0.25) is 11.2 Å². The van der Waals surface area contributed by atoms with Crippen LogP contribution in [0.15, 0.2) is 0 Å². The fourth-order valence-electron chi connectivity index (χ4n) is 1.000. The van der Waals surface area contributed by atoms with Crippen LogP contribution in [0.4, 0.5) is 5.95 Å². The molecular formula is C10H17ClN4O3. The van der Waals surface area contributed by atoms with E-state index in [0.29, 0.717) is 0 Å². The first-order chi connectivity index (χ1) is 8.32. The van der Waals surface area contributed by atoms with E-state index in [2.05, 4.69) is 20.3 Å². The number of nitrogens with one attached hydrogen (secondary N) is 1. The fraction of sp³-hybridized carbons (Fsp3) is 0.700. The van der Waals surface area contributed by atoms with E-state index >= 15 is 0 Å². The van der Waals surface area contributed by atoms with E-state index in [4.69, 9.17) is 21.4 Å². The average Bonchev–Trinajstić information content (AvgIpc) is 2.25. The van der Waals surface area contributed by atoms with Crippen LogP contribution in [-0.4, -0.2) is 50.0 Å². The molecule has 0 aliphatic heterocycles. The van der Waals surface area contributed by atoms with E-state index in [0.717, 1.165) is 0 Å². The molecule has 18 heavy (non-hydrogen) atoms. The number of nitrogens with zero attached hydrogens (tertiary/aromatic N) is 3. The summed E-state index contributed by atoms with van der Waals surface area (Å²) in [5.41, 5.74) is -1.27. The highest BCUT2D eigenvalue weighted by molar-refractivity contribution is 6.28. The predicted octanol–water partition coefficient (Wildman–Crippen LogP) is 0.467. The predicted molar refractivity (Wildman–Crippen MR) is 66.8 cm³/mol. The van der Waals surface area contributed by atoms with Gasteiger partial charge in [-0.25, -0.2) is 0 Å². The highest BCUT2D eigenvalue weighted by atomic mass is 35.5. The lowest BCUT2D eigenvalue weighted by Gasteiger charge is -2.20. The van der Waals surface area contributed by atoms with Crippen LogP contribution in [0.25, 0.3) is 0 Å². The number of aromatic nitrogens is 3. The minimum absolute atomic E-state index is 0.00760. The van der Waals surface area contributed by atoms with Gasteiger partial charge in [-0.15, -0.1) is 0 Å². The normalized spacial score (nSPS) is 14.4. The average molecular weight is 277 g/mol. The van der Waals surface area contributed by atoms with Gasteiger partial charge in [-0.05, 0) is 32.4 Å². The van der Waals surface area contributed by atoms with Gasteiger partial charge >= 0.3 is 6.01 Å². The maximum Gasteiger partial charge on any atom is 0.322 e. The number of rotatable bonds is 6. The van der Waals surface area contributed by atoms with E-state index in [-0.39, 0.29) is 36.5 Å². The highest BCUT2D eigenvalue weighted by Crippen LogP contribution is 2.13. The van der Waals surface area contributed by atoms with Gasteiger partial charge in [0, 0.05) is 6.54 Å². The van der Waals surface area contributed by atoms with E-state index < -0.39 is 5.60 Å². The molecular weight excluding hydrogens is 260 g/mol. The van der Waals surface area contributed by atoms with Crippen molar-refractivity contribution < 1.29 is 14.9 Å². The van der Waals surface area contributed by atoms with Crippen LogP contribution in [0.2, 0.25) is 5.28 Å². The van der Waals surface area contributed by atoms with Gasteiger partial charge in [-0.3, -0.25) is 0 Å². The number of halogens is 1. The Labute approximate surface area is 110 Å². The van der Waals surface area contributed by atoms with E-state index in [1.54, 1.807) is 0 Å². The molecule has 0 spiro atoms. The van der Waals surface area contributed by atoms with Crippen molar-refractivity contribution in [2.45, 2.75) is 32.5 Å². The maximum atomic E-state index is 9.62. The molecule has 102 valence electrons. The number of aliphatic hydroxyl groups is 2. The van der Waals surface area contributed by atoms with Gasteiger partial charge in [0.25, 0.3) is 0 Å². The number of aliphatic hydroxyl groups excluding tert-OH is 1. The molecule has 1 aromatic heterocycles. The summed E-state index contributed by atoms with van der Waals surface area (Å²) in [7, 11) is 0. The standard InChI is InChI=1S/C10H17ClN4O3/c1-6(2)18-9-14-7(11)13-8(15-9)12-4-10(3,17)5-16/h6,16-17H,4-5H2,1-3H3,(H,12,13,14,15). The van der Waals surface area contributed by atoms with Crippen molar-refractivity contribution in [3.05, 3.63) is 5.28 Å². The van der Waals surface area contributed by atoms with Crippen LogP contribution < -0.4 is 10.1 Å². The second-order valence-corrected chi connectivity index (χ2v) is 4.72. The molecule has 0 bridgehead atoms. The van der Waals surface area contributed by atoms with Gasteiger partial charge in [0.1, 0.15) is 5.60 Å². The summed E-state index contributed by atoms with van der Waals surface area (Å²) in [4.78, 5) is 11.6. The lowest BCUT2D eigenvalue weighted by Crippen LogP contribution is -2.37. The summed E-state index contributed by atoms with van der Waals surface area (Å²) in [5.74, 6) is 0.180. The Kier molecular flexibility index (Phi) is 5.06. The quantitative estimate of drug-likeness (QED) is 0.694. The smallest absolute Gasteiger partial charge is 0.322 e. The summed E-state index contributed by atoms with van der Waals surface area (Å²) >= 11 is 5.72. The van der Waals surface area contributed by atoms with Crippen LogP contribution in [0.1, 0.15) is 20.8 Å². The van der Waals surface area contributed by atoms with Crippen LogP contribution in [0.5, 0.6) is 6.01 Å². The van der Waals surface area contributed by atoms with Gasteiger partial charge in [0.15, 0.2) is 0 Å². The van der Waals surface area contributed by atoms with Crippen molar-refractivity contribution >= 4 is 17.5 Å². The summed E-state index contributed by atoms with van der Waals surface area (Å²) in [6.45, 7) is 4.84. The Balaban J connectivity index is 2.74. The number of hydrogen-bond donors (Lipinski definition) is 3. The molecule has 7 nitrogen and oxygen atoms in total. The Bertz CT molecular complexity index is 401. The number of anilines is 1. The minimum atomic E-state index is -1.27. The third-order valence-corrected chi connectivity index (χ3v) is 2.07. The molecule has 0 saturated carbocycles. The number of ether oxygens (including phenoxy) is 1. The fourth-order valence-corrected chi connectivity index (χ4v) is 1.15. The highest BCUT2D eigenvalue weighted by Gasteiger charge is 2.19. The summed E-state index contributed by atoms with van der Waals surface area (Å²) in [6, 6.07) is 0.108. The first kappa shape index (κ1) is 14.9. The molecule has 1 heterocycles. The second-order valence-electron chi connectivity index (χ2n) is 4.39. The zero-order valence-corrected chi connectivity index (χ0v) is 11.3. The van der Waals surface area contributed by atoms with Crippen molar-refractivity contribution in [2.24, 2.45) is 0 Å². The first-order valence-electron chi connectivity index (χ1n) is 5.48. The summed E-state index contributed by atoms with van der Waals surface area (Å²) in [6.07, 6.45) is -0.0862. The van der Waals surface area contributed by atoms with E-state index in [9.17, 15) is 5.11 Å². The van der Waals surface area contributed by atoms with Crippen molar-refractivity contribution in [3.8, 4) is 6.01 Å². The Morgan fingerprint density at radius 3 is 2.61 bits per heavy atom. The Hall–Kier alpha value is -1.18. The number of hydrogen-bond acceptors (Lipinski definition) is 7. The molecule has 1 rings (SSSR count). The van der Waals surface area contributed by atoms with Crippen LogP contribution in [0.3, 0.4) is 0 Å². The maximum absolute atomic E-state index is 9.62.